The Bertz CT molecular complexity index is 631. The van der Waals surface area contributed by atoms with Gasteiger partial charge in [-0.2, -0.15) is 8.42 Å². The van der Waals surface area contributed by atoms with Crippen molar-refractivity contribution >= 4 is 10.4 Å². The van der Waals surface area contributed by atoms with E-state index in [1.54, 1.807) is 0 Å². The molecule has 0 aliphatic carbocycles. The van der Waals surface area contributed by atoms with E-state index in [9.17, 15) is 0 Å². The van der Waals surface area contributed by atoms with Gasteiger partial charge in [0.15, 0.2) is 0 Å². The highest BCUT2D eigenvalue weighted by Crippen LogP contribution is 2.11. The molecule has 300 valence electrons. The first kappa shape index (κ1) is 52.9. The monoisotopic (exact) mass is 733 g/mol. The van der Waals surface area contributed by atoms with Crippen LogP contribution >= 0.6 is 0 Å². The standard InChI is InChI=1S/2C18H39NO3.H2O4S/c2*1-2-3-4-5-6-7-8-9-10-11-17-22-18-14-19(12-15-20)13-16-21;1-5(2,3)4/h2*20-21H,2-18H2,1H3;(H2,1,2,3,4). The molecular formula is C36H80N2O10S. The van der Waals surface area contributed by atoms with Gasteiger partial charge in [0.2, 0.25) is 0 Å². The maximum Gasteiger partial charge on any atom is 0.394 e. The Hall–Kier alpha value is -0.450. The second-order valence-electron chi connectivity index (χ2n) is 12.6. The lowest BCUT2D eigenvalue weighted by Gasteiger charge is -2.19. The van der Waals surface area contributed by atoms with Gasteiger partial charge in [0, 0.05) is 52.5 Å². The van der Waals surface area contributed by atoms with E-state index in [-0.39, 0.29) is 26.4 Å². The Balaban J connectivity index is -0.000000757. The van der Waals surface area contributed by atoms with Crippen molar-refractivity contribution in [2.24, 2.45) is 0 Å². The van der Waals surface area contributed by atoms with Crippen LogP contribution in [0.25, 0.3) is 0 Å². The minimum absolute atomic E-state index is 0.137. The zero-order chi connectivity index (χ0) is 37.1. The van der Waals surface area contributed by atoms with Crippen LogP contribution in [0, 0.1) is 0 Å². The van der Waals surface area contributed by atoms with Gasteiger partial charge < -0.3 is 29.9 Å². The molecule has 0 radical (unpaired) electrons. The van der Waals surface area contributed by atoms with Gasteiger partial charge in [-0.3, -0.25) is 18.9 Å². The van der Waals surface area contributed by atoms with Gasteiger partial charge in [-0.1, -0.05) is 129 Å². The van der Waals surface area contributed by atoms with Crippen LogP contribution in [0.5, 0.6) is 0 Å². The smallest absolute Gasteiger partial charge is 0.394 e. The molecule has 6 N–H and O–H groups in total. The summed E-state index contributed by atoms with van der Waals surface area (Å²) in [6.45, 7) is 12.2. The Labute approximate surface area is 301 Å². The summed E-state index contributed by atoms with van der Waals surface area (Å²) in [4.78, 5) is 4.05. The third-order valence-corrected chi connectivity index (χ3v) is 8.05. The molecule has 0 aliphatic rings. The largest absolute Gasteiger partial charge is 0.395 e. The Morgan fingerprint density at radius 1 is 0.388 bits per heavy atom. The van der Waals surface area contributed by atoms with Gasteiger partial charge in [-0.15, -0.1) is 0 Å². The van der Waals surface area contributed by atoms with Gasteiger partial charge in [-0.05, 0) is 12.8 Å². The predicted molar refractivity (Wildman–Crippen MR) is 201 cm³/mol. The summed E-state index contributed by atoms with van der Waals surface area (Å²) in [5, 5.41) is 35.6. The molecule has 0 fully saturated rings. The van der Waals surface area contributed by atoms with Gasteiger partial charge in [0.1, 0.15) is 0 Å². The molecule has 49 heavy (non-hydrogen) atoms. The molecule has 0 aliphatic heterocycles. The molecule has 0 spiro atoms. The Kier molecular flexibility index (Phi) is 49.2. The molecule has 0 saturated carbocycles. The lowest BCUT2D eigenvalue weighted by atomic mass is 10.1. The van der Waals surface area contributed by atoms with Crippen molar-refractivity contribution in [1.82, 2.24) is 9.80 Å². The fourth-order valence-corrected chi connectivity index (χ4v) is 5.21. The van der Waals surface area contributed by atoms with Gasteiger partial charge in [0.05, 0.1) is 39.6 Å². The fraction of sp³-hybridized carbons (Fsp3) is 1.00. The molecule has 0 atom stereocenters. The molecule has 0 rings (SSSR count). The topological polar surface area (TPSA) is 180 Å². The van der Waals surface area contributed by atoms with E-state index >= 15 is 0 Å². The van der Waals surface area contributed by atoms with Crippen LogP contribution in [0.15, 0.2) is 0 Å². The normalized spacial score (nSPS) is 11.5. The molecule has 0 bridgehead atoms. The average Bonchev–Trinajstić information content (AvgIpc) is 3.05. The van der Waals surface area contributed by atoms with E-state index in [1.807, 2.05) is 9.80 Å². The van der Waals surface area contributed by atoms with Crippen LogP contribution in [-0.2, 0) is 19.9 Å². The molecule has 0 amide bonds. The average molecular weight is 733 g/mol. The van der Waals surface area contributed by atoms with Crippen molar-refractivity contribution in [3.63, 3.8) is 0 Å². The molecule has 0 aromatic heterocycles. The van der Waals surface area contributed by atoms with Crippen molar-refractivity contribution < 1.29 is 47.4 Å². The van der Waals surface area contributed by atoms with Crippen LogP contribution in [0.4, 0.5) is 0 Å². The summed E-state index contributed by atoms with van der Waals surface area (Å²) in [5.41, 5.74) is 0. The fourth-order valence-electron chi connectivity index (χ4n) is 5.21. The number of hydrogen-bond donors (Lipinski definition) is 6. The van der Waals surface area contributed by atoms with Crippen molar-refractivity contribution in [2.75, 3.05) is 92.1 Å². The zero-order valence-electron chi connectivity index (χ0n) is 31.7. The third kappa shape index (κ3) is 57.1. The van der Waals surface area contributed by atoms with Gasteiger partial charge in [0.25, 0.3) is 0 Å². The highest BCUT2D eigenvalue weighted by molar-refractivity contribution is 7.79. The van der Waals surface area contributed by atoms with E-state index < -0.39 is 10.4 Å². The maximum atomic E-state index is 8.90. The predicted octanol–water partition coefficient (Wildman–Crippen LogP) is 5.77. The van der Waals surface area contributed by atoms with Gasteiger partial charge in [-0.25, -0.2) is 0 Å². The number of nitrogens with zero attached hydrogens (tertiary/aromatic N) is 2. The van der Waals surface area contributed by atoms with Crippen molar-refractivity contribution in [3.05, 3.63) is 0 Å². The van der Waals surface area contributed by atoms with Crippen LogP contribution in [0.3, 0.4) is 0 Å². The molecular weight excluding hydrogens is 652 g/mol. The summed E-state index contributed by atoms with van der Waals surface area (Å²) in [7, 11) is -4.67. The van der Waals surface area contributed by atoms with Crippen LogP contribution < -0.4 is 0 Å². The number of aliphatic hydroxyl groups excluding tert-OH is 4. The molecule has 0 aromatic rings. The van der Waals surface area contributed by atoms with Gasteiger partial charge >= 0.3 is 10.4 Å². The number of unbranched alkanes of at least 4 members (excludes halogenated alkanes) is 18. The zero-order valence-corrected chi connectivity index (χ0v) is 32.5. The van der Waals surface area contributed by atoms with E-state index in [0.717, 1.165) is 39.1 Å². The highest BCUT2D eigenvalue weighted by atomic mass is 32.3. The number of aliphatic hydroxyl groups is 4. The summed E-state index contributed by atoms with van der Waals surface area (Å²) >= 11 is 0. The molecule has 0 aromatic carbocycles. The second-order valence-corrected chi connectivity index (χ2v) is 13.5. The lowest BCUT2D eigenvalue weighted by molar-refractivity contribution is 0.0847. The summed E-state index contributed by atoms with van der Waals surface area (Å²) in [5.74, 6) is 0. The molecule has 12 nitrogen and oxygen atoms in total. The van der Waals surface area contributed by atoms with Crippen LogP contribution in [-0.4, -0.2) is 140 Å². The van der Waals surface area contributed by atoms with E-state index in [1.165, 1.54) is 116 Å². The minimum atomic E-state index is -4.67. The second kappa shape index (κ2) is 45.6. The summed E-state index contributed by atoms with van der Waals surface area (Å²) in [6, 6.07) is 0. The minimum Gasteiger partial charge on any atom is -0.395 e. The third-order valence-electron chi connectivity index (χ3n) is 8.05. The number of hydrogen-bond acceptors (Lipinski definition) is 10. The van der Waals surface area contributed by atoms with Crippen molar-refractivity contribution in [2.45, 2.75) is 142 Å². The highest BCUT2D eigenvalue weighted by Gasteiger charge is 2.04. The van der Waals surface area contributed by atoms with Crippen LogP contribution in [0.1, 0.15) is 142 Å². The molecule has 13 heteroatoms. The lowest BCUT2D eigenvalue weighted by Crippen LogP contribution is -2.33. The van der Waals surface area contributed by atoms with E-state index in [4.69, 9.17) is 47.4 Å². The molecule has 0 saturated heterocycles. The quantitative estimate of drug-likeness (QED) is 0.0339. The number of rotatable bonds is 36. The number of ether oxygens (including phenoxy) is 2. The molecule has 0 unspecified atom stereocenters. The SMILES string of the molecule is CCCCCCCCCCCCOCCN(CCO)CCO.CCCCCCCCCCCCOCCN(CCO)CCO.O=S(=O)(O)O. The Morgan fingerprint density at radius 2 is 0.612 bits per heavy atom. The first-order valence-electron chi connectivity index (χ1n) is 19.4. The van der Waals surface area contributed by atoms with Crippen molar-refractivity contribution in [3.8, 4) is 0 Å². The van der Waals surface area contributed by atoms with Crippen LogP contribution in [0.2, 0.25) is 0 Å². The first-order chi connectivity index (χ1) is 23.7. The Morgan fingerprint density at radius 3 is 0.837 bits per heavy atom. The molecule has 0 heterocycles. The maximum absolute atomic E-state index is 8.90. The summed E-state index contributed by atoms with van der Waals surface area (Å²) in [6.07, 6.45) is 26.9. The van der Waals surface area contributed by atoms with E-state index in [0.29, 0.717) is 39.4 Å². The summed E-state index contributed by atoms with van der Waals surface area (Å²) < 4.78 is 42.8. The first-order valence-corrected chi connectivity index (χ1v) is 20.8. The van der Waals surface area contributed by atoms with E-state index in [2.05, 4.69) is 13.8 Å². The van der Waals surface area contributed by atoms with Crippen molar-refractivity contribution in [1.29, 1.82) is 0 Å².